The van der Waals surface area contributed by atoms with Gasteiger partial charge in [-0.25, -0.2) is 9.97 Å². The van der Waals surface area contributed by atoms with Gasteiger partial charge in [0.05, 0.1) is 22.2 Å². The van der Waals surface area contributed by atoms with Gasteiger partial charge in [-0.2, -0.15) is 0 Å². The highest BCUT2D eigenvalue weighted by Gasteiger charge is 2.25. The lowest BCUT2D eigenvalue weighted by atomic mass is 9.98. The number of carbonyl (C=O) groups excluding carboxylic acids is 1. The number of benzene rings is 1. The number of Topliss-reactive ketones (excluding diaryl/α,β-unsaturated/α-hetero) is 1. The van der Waals surface area contributed by atoms with E-state index in [9.17, 15) is 4.79 Å². The first kappa shape index (κ1) is 23.4. The summed E-state index contributed by atoms with van der Waals surface area (Å²) in [5, 5.41) is 4.55. The lowest BCUT2D eigenvalue weighted by Crippen LogP contribution is -2.22. The van der Waals surface area contributed by atoms with E-state index in [1.807, 2.05) is 35.4 Å². The fourth-order valence-electron chi connectivity index (χ4n) is 4.63. The Bertz CT molecular complexity index is 1320. The SMILES string of the molecule is CCC(C)CCCC(=O)Cc1sc2c(c1-c1nc3cc(-n4cnc(C)c4)ccc3s1)CCNC2. The Morgan fingerprint density at radius 2 is 2.18 bits per heavy atom. The summed E-state index contributed by atoms with van der Waals surface area (Å²) in [6.07, 6.45) is 9.39. The van der Waals surface area contributed by atoms with Crippen LogP contribution in [0.5, 0.6) is 0 Å². The van der Waals surface area contributed by atoms with Crippen molar-refractivity contribution >= 4 is 38.7 Å². The molecule has 5 nitrogen and oxygen atoms in total. The van der Waals surface area contributed by atoms with Crippen LogP contribution in [0.2, 0.25) is 0 Å². The highest BCUT2D eigenvalue weighted by Crippen LogP contribution is 2.42. The summed E-state index contributed by atoms with van der Waals surface area (Å²) in [6.45, 7) is 8.37. The third-order valence-corrected chi connectivity index (χ3v) is 9.09. The summed E-state index contributed by atoms with van der Waals surface area (Å²) < 4.78 is 3.21. The van der Waals surface area contributed by atoms with Crippen molar-refractivity contribution in [1.29, 1.82) is 0 Å². The summed E-state index contributed by atoms with van der Waals surface area (Å²) in [7, 11) is 0. The van der Waals surface area contributed by atoms with E-state index in [1.54, 1.807) is 11.3 Å². The van der Waals surface area contributed by atoms with Crippen molar-refractivity contribution in [3.8, 4) is 16.3 Å². The Kier molecular flexibility index (Phi) is 6.95. The van der Waals surface area contributed by atoms with E-state index in [-0.39, 0.29) is 0 Å². The van der Waals surface area contributed by atoms with Gasteiger partial charge < -0.3 is 9.88 Å². The first-order valence-electron chi connectivity index (χ1n) is 12.3. The minimum atomic E-state index is 0.356. The van der Waals surface area contributed by atoms with Gasteiger partial charge in [0.1, 0.15) is 10.8 Å². The van der Waals surface area contributed by atoms with Gasteiger partial charge in [-0.3, -0.25) is 4.79 Å². The molecule has 178 valence electrons. The van der Waals surface area contributed by atoms with Crippen molar-refractivity contribution in [2.45, 2.75) is 65.8 Å². The zero-order chi connectivity index (χ0) is 23.7. The molecule has 0 fully saturated rings. The van der Waals surface area contributed by atoms with Crippen molar-refractivity contribution in [3.05, 3.63) is 51.7 Å². The van der Waals surface area contributed by atoms with Crippen LogP contribution in [0.15, 0.2) is 30.7 Å². The number of aromatic nitrogens is 3. The highest BCUT2D eigenvalue weighted by molar-refractivity contribution is 7.22. The predicted molar refractivity (Wildman–Crippen MR) is 142 cm³/mol. The molecule has 0 amide bonds. The Balaban J connectivity index is 1.45. The van der Waals surface area contributed by atoms with Gasteiger partial charge in [-0.15, -0.1) is 22.7 Å². The minimum absolute atomic E-state index is 0.356. The van der Waals surface area contributed by atoms with Gasteiger partial charge in [0.25, 0.3) is 0 Å². The van der Waals surface area contributed by atoms with Gasteiger partial charge in [0.2, 0.25) is 0 Å². The number of thiophene rings is 1. The summed E-state index contributed by atoms with van der Waals surface area (Å²) in [5.41, 5.74) is 5.70. The molecule has 7 heteroatoms. The second kappa shape index (κ2) is 10.1. The number of ketones is 1. The van der Waals surface area contributed by atoms with Crippen LogP contribution in [-0.4, -0.2) is 26.9 Å². The molecule has 0 saturated carbocycles. The average Bonchev–Trinajstić information content (AvgIpc) is 3.54. The molecule has 1 aliphatic heterocycles. The Labute approximate surface area is 209 Å². The summed E-state index contributed by atoms with van der Waals surface area (Å²) in [5.74, 6) is 1.05. The number of aryl methyl sites for hydroxylation is 1. The van der Waals surface area contributed by atoms with Crippen molar-refractivity contribution in [3.63, 3.8) is 0 Å². The zero-order valence-electron chi connectivity index (χ0n) is 20.2. The number of thiazole rings is 1. The van der Waals surface area contributed by atoms with Crippen LogP contribution in [-0.2, 0) is 24.2 Å². The van der Waals surface area contributed by atoms with Crippen LogP contribution in [0.4, 0.5) is 0 Å². The van der Waals surface area contributed by atoms with E-state index >= 15 is 0 Å². The monoisotopic (exact) mass is 492 g/mol. The zero-order valence-corrected chi connectivity index (χ0v) is 21.8. The average molecular weight is 493 g/mol. The number of hydrogen-bond acceptors (Lipinski definition) is 6. The number of hydrogen-bond donors (Lipinski definition) is 1. The van der Waals surface area contributed by atoms with Gasteiger partial charge in [0.15, 0.2) is 0 Å². The third-order valence-electron chi connectivity index (χ3n) is 6.80. The molecule has 0 spiro atoms. The molecule has 1 atom stereocenters. The summed E-state index contributed by atoms with van der Waals surface area (Å²) >= 11 is 3.55. The normalized spacial score (nSPS) is 14.4. The first-order chi connectivity index (χ1) is 16.5. The molecule has 1 N–H and O–H groups in total. The molecule has 4 heterocycles. The number of fused-ring (bicyclic) bond motifs is 2. The number of nitrogens with one attached hydrogen (secondary N) is 1. The molecule has 5 rings (SSSR count). The smallest absolute Gasteiger partial charge is 0.138 e. The van der Waals surface area contributed by atoms with Crippen LogP contribution in [0.3, 0.4) is 0 Å². The molecule has 4 aromatic rings. The second-order valence-electron chi connectivity index (χ2n) is 9.44. The molecular formula is C27H32N4OS2. The molecule has 0 saturated heterocycles. The molecular weight excluding hydrogens is 460 g/mol. The van der Waals surface area contributed by atoms with Crippen LogP contribution < -0.4 is 5.32 Å². The fourth-order valence-corrected chi connectivity index (χ4v) is 7.09. The van der Waals surface area contributed by atoms with Crippen LogP contribution >= 0.6 is 22.7 Å². The largest absolute Gasteiger partial charge is 0.312 e. The van der Waals surface area contributed by atoms with E-state index in [1.165, 1.54) is 32.0 Å². The van der Waals surface area contributed by atoms with Crippen LogP contribution in [0, 0.1) is 12.8 Å². The quantitative estimate of drug-likeness (QED) is 0.290. The van der Waals surface area contributed by atoms with Crippen LogP contribution in [0.1, 0.15) is 60.5 Å². The molecule has 34 heavy (non-hydrogen) atoms. The number of rotatable bonds is 9. The number of carbonyl (C=O) groups is 1. The minimum Gasteiger partial charge on any atom is -0.312 e. The van der Waals surface area contributed by atoms with Gasteiger partial charge in [-0.05, 0) is 56.0 Å². The second-order valence-corrected chi connectivity index (χ2v) is 11.7. The standard InChI is InChI=1S/C27H32N4OS2/c1-4-17(2)6-5-7-20(32)13-24-26(21-10-11-28-14-25(21)33-24)27-30-22-12-19(8-9-23(22)34-27)31-15-18(3)29-16-31/h8-9,12,15-17,28H,4-7,10-11,13-14H2,1-3H3. The maximum absolute atomic E-state index is 12.9. The Morgan fingerprint density at radius 3 is 2.97 bits per heavy atom. The van der Waals surface area contributed by atoms with Gasteiger partial charge in [-0.1, -0.05) is 26.7 Å². The number of nitrogens with zero attached hydrogens (tertiary/aromatic N) is 3. The summed E-state index contributed by atoms with van der Waals surface area (Å²) in [6, 6.07) is 6.41. The Morgan fingerprint density at radius 1 is 1.29 bits per heavy atom. The van der Waals surface area contributed by atoms with Crippen molar-refractivity contribution in [2.24, 2.45) is 5.92 Å². The first-order valence-corrected chi connectivity index (χ1v) is 13.9. The molecule has 0 radical (unpaired) electrons. The molecule has 0 aliphatic carbocycles. The van der Waals surface area contributed by atoms with E-state index < -0.39 is 0 Å². The molecule has 0 bridgehead atoms. The molecule has 1 unspecified atom stereocenters. The van der Waals surface area contributed by atoms with E-state index in [0.717, 1.165) is 54.3 Å². The predicted octanol–water partition coefficient (Wildman–Crippen LogP) is 6.49. The maximum atomic E-state index is 12.9. The van der Waals surface area contributed by atoms with Crippen LogP contribution in [0.25, 0.3) is 26.5 Å². The van der Waals surface area contributed by atoms with Crippen molar-refractivity contribution < 1.29 is 4.79 Å². The third kappa shape index (κ3) is 4.88. The summed E-state index contributed by atoms with van der Waals surface area (Å²) in [4.78, 5) is 24.9. The highest BCUT2D eigenvalue weighted by atomic mass is 32.1. The topological polar surface area (TPSA) is 59.8 Å². The van der Waals surface area contributed by atoms with Crippen molar-refractivity contribution in [1.82, 2.24) is 19.9 Å². The molecule has 3 aromatic heterocycles. The lowest BCUT2D eigenvalue weighted by molar-refractivity contribution is -0.118. The lowest BCUT2D eigenvalue weighted by Gasteiger charge is -2.13. The fraction of sp³-hybridized carbons (Fsp3) is 0.444. The Hall–Kier alpha value is -2.35. The van der Waals surface area contributed by atoms with E-state index in [2.05, 4.69) is 42.3 Å². The molecule has 1 aromatic carbocycles. The van der Waals surface area contributed by atoms with Gasteiger partial charge >= 0.3 is 0 Å². The van der Waals surface area contributed by atoms with E-state index in [0.29, 0.717) is 24.5 Å². The van der Waals surface area contributed by atoms with E-state index in [4.69, 9.17) is 4.98 Å². The molecule has 1 aliphatic rings. The van der Waals surface area contributed by atoms with Crippen molar-refractivity contribution in [2.75, 3.05) is 6.54 Å². The van der Waals surface area contributed by atoms with Gasteiger partial charge in [0, 0.05) is 46.6 Å². The maximum Gasteiger partial charge on any atom is 0.138 e. The number of imidazole rings is 1.